The molecule has 0 unspecified atom stereocenters. The Labute approximate surface area is 107 Å². The van der Waals surface area contributed by atoms with Crippen molar-refractivity contribution in [1.82, 2.24) is 0 Å². The van der Waals surface area contributed by atoms with Crippen LogP contribution in [0.3, 0.4) is 0 Å². The lowest BCUT2D eigenvalue weighted by atomic mass is 10.0. The van der Waals surface area contributed by atoms with E-state index in [9.17, 15) is 12.8 Å². The molecule has 0 heterocycles. The molecule has 2 nitrogen and oxygen atoms in total. The van der Waals surface area contributed by atoms with Crippen LogP contribution in [-0.2, 0) is 16.5 Å². The van der Waals surface area contributed by atoms with Crippen molar-refractivity contribution >= 4 is 10.7 Å². The van der Waals surface area contributed by atoms with Gasteiger partial charge in [0, 0.05) is 0 Å². The van der Waals surface area contributed by atoms with Crippen molar-refractivity contribution in [3.05, 3.63) is 59.4 Å². The fourth-order valence-corrected chi connectivity index (χ4v) is 2.27. The number of halogens is 1. The molecule has 0 saturated carbocycles. The van der Waals surface area contributed by atoms with Crippen molar-refractivity contribution in [3.8, 4) is 11.1 Å². The summed E-state index contributed by atoms with van der Waals surface area (Å²) in [7, 11) is -2.48. The van der Waals surface area contributed by atoms with E-state index in [1.807, 2.05) is 13.0 Å². The first-order valence-corrected chi connectivity index (χ1v) is 6.81. The van der Waals surface area contributed by atoms with Gasteiger partial charge in [0.15, 0.2) is 0 Å². The van der Waals surface area contributed by atoms with Crippen LogP contribution in [0.4, 0.5) is 4.39 Å². The van der Waals surface area contributed by atoms with Gasteiger partial charge in [0.2, 0.25) is 0 Å². The standard InChI is InChI=1S/C14H12FO2S/c1-10-5-11(9-18(16)17)7-13(6-10)12-3-2-4-14(15)8-12/h2-6,8,18H,9H2,1H3. The molecule has 1 radical (unpaired) electrons. The Morgan fingerprint density at radius 3 is 2.67 bits per heavy atom. The lowest BCUT2D eigenvalue weighted by molar-refractivity contribution is 0.614. The fraction of sp³-hybridized carbons (Fsp3) is 0.143. The summed E-state index contributed by atoms with van der Waals surface area (Å²) in [6.07, 6.45) is 0. The highest BCUT2D eigenvalue weighted by atomic mass is 32.2. The zero-order valence-electron chi connectivity index (χ0n) is 9.81. The summed E-state index contributed by atoms with van der Waals surface area (Å²) in [5.74, 6) is -0.363. The second-order valence-corrected chi connectivity index (χ2v) is 5.08. The van der Waals surface area contributed by atoms with E-state index in [1.165, 1.54) is 12.1 Å². The van der Waals surface area contributed by atoms with Crippen molar-refractivity contribution in [2.24, 2.45) is 0 Å². The highest BCUT2D eigenvalue weighted by Crippen LogP contribution is 2.22. The van der Waals surface area contributed by atoms with Gasteiger partial charge in [0.1, 0.15) is 16.5 Å². The summed E-state index contributed by atoms with van der Waals surface area (Å²) in [5, 5.41) is 0. The molecule has 2 aromatic carbocycles. The Bertz CT molecular complexity index is 640. The van der Waals surface area contributed by atoms with Gasteiger partial charge in [-0.15, -0.1) is 0 Å². The van der Waals surface area contributed by atoms with Crippen LogP contribution in [0, 0.1) is 18.8 Å². The average Bonchev–Trinajstić information content (AvgIpc) is 2.27. The fourth-order valence-electron chi connectivity index (χ4n) is 1.83. The average molecular weight is 263 g/mol. The van der Waals surface area contributed by atoms with Gasteiger partial charge in [-0.05, 0) is 41.8 Å². The van der Waals surface area contributed by atoms with Gasteiger partial charge >= 0.3 is 0 Å². The van der Waals surface area contributed by atoms with E-state index in [0.717, 1.165) is 5.56 Å². The van der Waals surface area contributed by atoms with E-state index in [1.54, 1.807) is 18.2 Å². The van der Waals surface area contributed by atoms with E-state index in [-0.39, 0.29) is 11.6 Å². The van der Waals surface area contributed by atoms with Crippen LogP contribution < -0.4 is 0 Å². The molecule has 0 amide bonds. The van der Waals surface area contributed by atoms with Gasteiger partial charge in [0.05, 0.1) is 5.75 Å². The number of hydrogen-bond donors (Lipinski definition) is 1. The van der Waals surface area contributed by atoms with Crippen molar-refractivity contribution in [1.29, 1.82) is 0 Å². The Hall–Kier alpha value is -1.68. The molecule has 0 saturated heterocycles. The maximum atomic E-state index is 13.2. The summed E-state index contributed by atoms with van der Waals surface area (Å²) < 4.78 is 34.6. The monoisotopic (exact) mass is 263 g/mol. The Morgan fingerprint density at radius 2 is 2.00 bits per heavy atom. The van der Waals surface area contributed by atoms with E-state index < -0.39 is 10.7 Å². The Morgan fingerprint density at radius 1 is 1.22 bits per heavy atom. The minimum Gasteiger partial charge on any atom is -0.232 e. The number of aryl methyl sites for hydroxylation is 1. The smallest absolute Gasteiger partial charge is 0.144 e. The molecule has 0 fully saturated rings. The quantitative estimate of drug-likeness (QED) is 0.864. The second kappa shape index (κ2) is 5.31. The first-order chi connectivity index (χ1) is 8.54. The molecule has 0 N–H and O–H groups in total. The van der Waals surface area contributed by atoms with E-state index in [4.69, 9.17) is 0 Å². The molecule has 18 heavy (non-hydrogen) atoms. The van der Waals surface area contributed by atoms with Crippen LogP contribution >= 0.6 is 0 Å². The minimum absolute atomic E-state index is 0.0423. The van der Waals surface area contributed by atoms with Crippen molar-refractivity contribution in [2.45, 2.75) is 12.7 Å². The second-order valence-electron chi connectivity index (χ2n) is 4.10. The van der Waals surface area contributed by atoms with Crippen molar-refractivity contribution in [3.63, 3.8) is 0 Å². The van der Waals surface area contributed by atoms with Crippen LogP contribution in [0.5, 0.6) is 0 Å². The van der Waals surface area contributed by atoms with Crippen LogP contribution in [0.1, 0.15) is 11.1 Å². The maximum Gasteiger partial charge on any atom is 0.144 e. The first-order valence-electron chi connectivity index (χ1n) is 5.45. The SMILES string of the molecule is Cc1cc(C[SH](=O)=O)[c]c(-c2cccc(F)c2)c1. The van der Waals surface area contributed by atoms with Crippen LogP contribution in [-0.4, -0.2) is 8.42 Å². The summed E-state index contributed by atoms with van der Waals surface area (Å²) in [6, 6.07) is 12.8. The lowest BCUT2D eigenvalue weighted by Gasteiger charge is -2.05. The molecule has 0 aromatic heterocycles. The predicted octanol–water partition coefficient (Wildman–Crippen LogP) is 2.71. The van der Waals surface area contributed by atoms with Crippen LogP contribution in [0.25, 0.3) is 11.1 Å². The summed E-state index contributed by atoms with van der Waals surface area (Å²) in [6.45, 7) is 1.87. The van der Waals surface area contributed by atoms with Crippen LogP contribution in [0.2, 0.25) is 0 Å². The van der Waals surface area contributed by atoms with Gasteiger partial charge in [-0.3, -0.25) is 0 Å². The topological polar surface area (TPSA) is 34.1 Å². The van der Waals surface area contributed by atoms with E-state index in [0.29, 0.717) is 16.7 Å². The third kappa shape index (κ3) is 3.17. The molecule has 2 rings (SSSR count). The number of thiol groups is 1. The maximum absolute atomic E-state index is 13.2. The number of rotatable bonds is 3. The van der Waals surface area contributed by atoms with Gasteiger partial charge in [-0.1, -0.05) is 29.8 Å². The van der Waals surface area contributed by atoms with Crippen molar-refractivity contribution in [2.75, 3.05) is 0 Å². The highest BCUT2D eigenvalue weighted by molar-refractivity contribution is 7.71. The summed E-state index contributed by atoms with van der Waals surface area (Å²) in [5.41, 5.74) is 2.94. The lowest BCUT2D eigenvalue weighted by Crippen LogP contribution is -1.91. The molecule has 0 aliphatic heterocycles. The normalized spacial score (nSPS) is 10.8. The Kier molecular flexibility index (Phi) is 3.77. The summed E-state index contributed by atoms with van der Waals surface area (Å²) in [4.78, 5) is 0. The van der Waals surface area contributed by atoms with Crippen LogP contribution in [0.15, 0.2) is 36.4 Å². The van der Waals surface area contributed by atoms with Gasteiger partial charge in [0.25, 0.3) is 0 Å². The highest BCUT2D eigenvalue weighted by Gasteiger charge is 2.04. The molecule has 2 aromatic rings. The third-order valence-corrected chi connectivity index (χ3v) is 3.10. The molecule has 4 heteroatoms. The zero-order valence-corrected chi connectivity index (χ0v) is 10.7. The van der Waals surface area contributed by atoms with E-state index >= 15 is 0 Å². The molecular weight excluding hydrogens is 251 g/mol. The largest absolute Gasteiger partial charge is 0.232 e. The van der Waals surface area contributed by atoms with Crippen molar-refractivity contribution < 1.29 is 12.8 Å². The number of hydrogen-bond acceptors (Lipinski definition) is 2. The molecule has 93 valence electrons. The van der Waals surface area contributed by atoms with Gasteiger partial charge in [-0.25, -0.2) is 12.8 Å². The molecule has 0 aliphatic rings. The predicted molar refractivity (Wildman–Crippen MR) is 69.4 cm³/mol. The van der Waals surface area contributed by atoms with Gasteiger partial charge in [-0.2, -0.15) is 0 Å². The molecule has 0 spiro atoms. The van der Waals surface area contributed by atoms with Gasteiger partial charge < -0.3 is 0 Å². The zero-order chi connectivity index (χ0) is 13.1. The molecule has 0 bridgehead atoms. The Balaban J connectivity index is 2.47. The first kappa shape index (κ1) is 12.8. The van der Waals surface area contributed by atoms with E-state index in [2.05, 4.69) is 6.07 Å². The molecular formula is C14H12FO2S. The minimum atomic E-state index is -2.48. The molecule has 0 atom stereocenters. The third-order valence-electron chi connectivity index (χ3n) is 2.50. The summed E-state index contributed by atoms with van der Waals surface area (Å²) >= 11 is 0. The number of benzene rings is 2. The molecule has 0 aliphatic carbocycles.